The highest BCUT2D eigenvalue weighted by Gasteiger charge is 2.68. The van der Waals surface area contributed by atoms with Gasteiger partial charge < -0.3 is 19.7 Å². The molecule has 42 heavy (non-hydrogen) atoms. The van der Waals surface area contributed by atoms with Gasteiger partial charge in [0.15, 0.2) is 12.4 Å². The van der Waals surface area contributed by atoms with E-state index in [0.717, 1.165) is 18.4 Å². The maximum atomic E-state index is 13.5. The van der Waals surface area contributed by atoms with E-state index < -0.39 is 41.0 Å². The predicted octanol–water partition coefficient (Wildman–Crippen LogP) is 5.00. The van der Waals surface area contributed by atoms with Crippen LogP contribution in [-0.4, -0.2) is 51.2 Å². The minimum Gasteiger partial charge on any atom is -0.441 e. The summed E-state index contributed by atoms with van der Waals surface area (Å²) in [7, 11) is 0. The van der Waals surface area contributed by atoms with Crippen LogP contribution in [0.15, 0.2) is 72.5 Å². The van der Waals surface area contributed by atoms with E-state index in [-0.39, 0.29) is 36.4 Å². The van der Waals surface area contributed by atoms with E-state index in [4.69, 9.17) is 9.47 Å². The summed E-state index contributed by atoms with van der Waals surface area (Å²) in [6.07, 6.45) is 7.98. The van der Waals surface area contributed by atoms with Gasteiger partial charge in [0.1, 0.15) is 11.4 Å². The van der Waals surface area contributed by atoms with Crippen LogP contribution in [0.4, 0.5) is 10.5 Å². The Bertz CT molecular complexity index is 1450. The van der Waals surface area contributed by atoms with Crippen molar-refractivity contribution in [3.8, 4) is 11.6 Å². The number of nitrogens with zero attached hydrogens (tertiary/aromatic N) is 1. The van der Waals surface area contributed by atoms with Crippen molar-refractivity contribution in [1.29, 1.82) is 0 Å². The van der Waals surface area contributed by atoms with Crippen molar-refractivity contribution in [2.45, 2.75) is 57.7 Å². The quantitative estimate of drug-likeness (QED) is 0.440. The van der Waals surface area contributed by atoms with Crippen molar-refractivity contribution >= 4 is 23.3 Å². The van der Waals surface area contributed by atoms with Crippen LogP contribution < -0.4 is 10.1 Å². The fraction of sp³-hybridized carbons (Fsp3) is 0.455. The monoisotopic (exact) mass is 572 g/mol. The van der Waals surface area contributed by atoms with Crippen molar-refractivity contribution in [3.05, 3.63) is 72.5 Å². The molecule has 4 aliphatic rings. The Morgan fingerprint density at radius 1 is 1.12 bits per heavy atom. The van der Waals surface area contributed by atoms with Crippen LogP contribution in [0.1, 0.15) is 46.0 Å². The third-order valence-electron chi connectivity index (χ3n) is 10.4. The van der Waals surface area contributed by atoms with Gasteiger partial charge >= 0.3 is 6.09 Å². The second kappa shape index (κ2) is 10.5. The zero-order valence-corrected chi connectivity index (χ0v) is 23.8. The van der Waals surface area contributed by atoms with Gasteiger partial charge in [-0.2, -0.15) is 0 Å². The molecule has 0 radical (unpaired) electrons. The van der Waals surface area contributed by atoms with Crippen molar-refractivity contribution in [2.24, 2.45) is 28.6 Å². The molecular weight excluding hydrogens is 536 g/mol. The summed E-state index contributed by atoms with van der Waals surface area (Å²) in [6.45, 7) is 3.40. The fourth-order valence-corrected chi connectivity index (χ4v) is 8.33. The number of aliphatic hydroxyl groups is 2. The molecule has 1 heterocycles. The van der Waals surface area contributed by atoms with E-state index in [2.05, 4.69) is 17.2 Å². The number of carbonyl (C=O) groups is 3. The van der Waals surface area contributed by atoms with Gasteiger partial charge in [0.25, 0.3) is 0 Å². The SMILES string of the molecule is CC12C=CC(=O)C=C1CCC1C2[C@@H](O)CC2(C)C1CC[C@]2(O)C(=O)COC(=O)Nc1ccc(Oc2ccccn2)cc1. The zero-order valence-electron chi connectivity index (χ0n) is 23.8. The second-order valence-electron chi connectivity index (χ2n) is 12.5. The molecule has 4 aliphatic carbocycles. The second-order valence-corrected chi connectivity index (χ2v) is 12.5. The average molecular weight is 573 g/mol. The minimum absolute atomic E-state index is 0.0184. The Kier molecular flexibility index (Phi) is 7.06. The van der Waals surface area contributed by atoms with Gasteiger partial charge in [-0.15, -0.1) is 0 Å². The lowest BCUT2D eigenvalue weighted by Crippen LogP contribution is -2.61. The van der Waals surface area contributed by atoms with Crippen molar-refractivity contribution < 1.29 is 34.1 Å². The van der Waals surface area contributed by atoms with Crippen molar-refractivity contribution in [3.63, 3.8) is 0 Å². The first-order valence-electron chi connectivity index (χ1n) is 14.5. The number of allylic oxidation sites excluding steroid dienone is 4. The fourth-order valence-electron chi connectivity index (χ4n) is 8.33. The summed E-state index contributed by atoms with van der Waals surface area (Å²) in [4.78, 5) is 42.1. The molecule has 0 aliphatic heterocycles. The molecule has 3 saturated carbocycles. The highest BCUT2D eigenvalue weighted by Crippen LogP contribution is 2.67. The van der Waals surface area contributed by atoms with Crippen LogP contribution in [0.3, 0.4) is 0 Å². The summed E-state index contributed by atoms with van der Waals surface area (Å²) in [5.41, 5.74) is -1.50. The summed E-state index contributed by atoms with van der Waals surface area (Å²) < 4.78 is 10.9. The molecule has 1 aromatic carbocycles. The number of fused-ring (bicyclic) bond motifs is 5. The average Bonchev–Trinajstić information content (AvgIpc) is 3.24. The lowest BCUT2D eigenvalue weighted by atomic mass is 9.46. The molecule has 0 spiro atoms. The number of ketones is 2. The third kappa shape index (κ3) is 4.65. The number of nitrogens with one attached hydrogen (secondary N) is 1. The smallest absolute Gasteiger partial charge is 0.412 e. The Morgan fingerprint density at radius 2 is 1.90 bits per heavy atom. The van der Waals surface area contributed by atoms with Gasteiger partial charge in [0.05, 0.1) is 6.10 Å². The molecule has 2 aromatic rings. The highest BCUT2D eigenvalue weighted by molar-refractivity contribution is 6.01. The zero-order chi connectivity index (χ0) is 29.7. The lowest BCUT2D eigenvalue weighted by molar-refractivity contribution is -0.178. The summed E-state index contributed by atoms with van der Waals surface area (Å²) >= 11 is 0. The Hall–Kier alpha value is -3.82. The van der Waals surface area contributed by atoms with Crippen LogP contribution in [0.5, 0.6) is 11.6 Å². The van der Waals surface area contributed by atoms with Crippen molar-refractivity contribution in [1.82, 2.24) is 4.98 Å². The molecule has 0 bridgehead atoms. The van der Waals surface area contributed by atoms with E-state index in [1.807, 2.05) is 19.1 Å². The molecule has 9 nitrogen and oxygen atoms in total. The summed E-state index contributed by atoms with van der Waals surface area (Å²) in [5, 5.41) is 25.9. The normalized spacial score (nSPS) is 34.9. The number of hydrogen-bond donors (Lipinski definition) is 3. The van der Waals surface area contributed by atoms with E-state index >= 15 is 0 Å². The molecule has 7 atom stereocenters. The molecule has 3 fully saturated rings. The number of aromatic nitrogens is 1. The van der Waals surface area contributed by atoms with Gasteiger partial charge in [-0.1, -0.05) is 31.6 Å². The standard InChI is InChI=1S/C33H36N2O7/c1-31-14-12-22(36)17-20(31)6-11-24-25-13-15-33(40,32(25,2)18-26(37)29(24)31)27(38)19-41-30(39)35-21-7-9-23(10-8-21)42-28-5-3-4-16-34-28/h3-5,7-10,12,14,16-17,24-26,29,37,40H,6,11,13,15,18-19H2,1-2H3,(H,35,39)/t24?,25?,26-,29?,31?,32?,33-/m0/s1. The van der Waals surface area contributed by atoms with Crippen LogP contribution in [0.2, 0.25) is 0 Å². The number of hydrogen-bond acceptors (Lipinski definition) is 8. The largest absolute Gasteiger partial charge is 0.441 e. The third-order valence-corrected chi connectivity index (χ3v) is 10.4. The molecule has 220 valence electrons. The lowest BCUT2D eigenvalue weighted by Gasteiger charge is -2.59. The first-order chi connectivity index (χ1) is 20.0. The molecule has 6 rings (SSSR count). The van der Waals surface area contributed by atoms with Crippen molar-refractivity contribution in [2.75, 3.05) is 11.9 Å². The van der Waals surface area contributed by atoms with Crippen LogP contribution >= 0.6 is 0 Å². The number of amides is 1. The van der Waals surface area contributed by atoms with Crippen LogP contribution in [-0.2, 0) is 14.3 Å². The number of benzene rings is 1. The van der Waals surface area contributed by atoms with Gasteiger partial charge in [0, 0.05) is 34.7 Å². The van der Waals surface area contributed by atoms with Gasteiger partial charge in [-0.05, 0) is 86.4 Å². The molecule has 1 amide bonds. The molecule has 9 heteroatoms. The number of Topliss-reactive ketones (excluding diaryl/α,β-unsaturated/α-hetero) is 1. The molecule has 0 saturated heterocycles. The number of carbonyl (C=O) groups excluding carboxylic acids is 3. The molecule has 5 unspecified atom stereocenters. The number of anilines is 1. The van der Waals surface area contributed by atoms with Gasteiger partial charge in [0.2, 0.25) is 11.7 Å². The minimum atomic E-state index is -1.72. The Labute approximate surface area is 244 Å². The summed E-state index contributed by atoms with van der Waals surface area (Å²) in [6, 6.07) is 12.0. The van der Waals surface area contributed by atoms with E-state index in [0.29, 0.717) is 23.7 Å². The first kappa shape index (κ1) is 28.3. The first-order valence-corrected chi connectivity index (χ1v) is 14.5. The number of aliphatic hydroxyl groups excluding tert-OH is 1. The molecular formula is C33H36N2O7. The maximum Gasteiger partial charge on any atom is 0.412 e. The van der Waals surface area contributed by atoms with E-state index in [9.17, 15) is 24.6 Å². The predicted molar refractivity (Wildman–Crippen MR) is 154 cm³/mol. The van der Waals surface area contributed by atoms with E-state index in [1.54, 1.807) is 54.7 Å². The van der Waals surface area contributed by atoms with E-state index in [1.165, 1.54) is 0 Å². The Balaban J connectivity index is 1.09. The maximum absolute atomic E-state index is 13.5. The number of rotatable bonds is 6. The van der Waals surface area contributed by atoms with Gasteiger partial charge in [-0.3, -0.25) is 14.9 Å². The number of pyridine rings is 1. The number of ether oxygens (including phenoxy) is 2. The molecule has 3 N–H and O–H groups in total. The highest BCUT2D eigenvalue weighted by atomic mass is 16.6. The molecule has 1 aromatic heterocycles. The topological polar surface area (TPSA) is 135 Å². The Morgan fingerprint density at radius 3 is 2.64 bits per heavy atom. The summed E-state index contributed by atoms with van der Waals surface area (Å²) in [5.74, 6) is 0.419. The van der Waals surface area contributed by atoms with Crippen LogP contribution in [0, 0.1) is 28.6 Å². The van der Waals surface area contributed by atoms with Gasteiger partial charge in [-0.25, -0.2) is 9.78 Å². The van der Waals surface area contributed by atoms with Crippen LogP contribution in [0.25, 0.3) is 0 Å².